The number of hydrogen-bond donors (Lipinski definition) is 0. The molecule has 112 valence electrons. The molecule has 0 heterocycles. The highest BCUT2D eigenvalue weighted by atomic mass is 79.9. The Morgan fingerprint density at radius 3 is 1.76 bits per heavy atom. The van der Waals surface area contributed by atoms with Crippen molar-refractivity contribution in [3.05, 3.63) is 60.7 Å². The summed E-state index contributed by atoms with van der Waals surface area (Å²) >= 11 is 0. The van der Waals surface area contributed by atoms with Crippen molar-refractivity contribution in [2.24, 2.45) is 0 Å². The second-order valence-electron chi connectivity index (χ2n) is 4.83. The van der Waals surface area contributed by atoms with Crippen LogP contribution in [0.3, 0.4) is 0 Å². The molecule has 0 fully saturated rings. The molecule has 0 amide bonds. The first-order valence-corrected chi connectivity index (χ1v) is 9.21. The van der Waals surface area contributed by atoms with Crippen LogP contribution in [0.2, 0.25) is 0 Å². The standard InChI is InChI=1S/C17H20O2P.BrH/c1-3-19-17(18)14-20(2,15-10-6-4-7-11-15)16-12-8-5-9-13-16;/h4-13H,3,14H2,1-2H3;1H/q+1;/p-1. The first-order valence-electron chi connectivity index (χ1n) is 6.79. The molecule has 0 N–H and O–H groups in total. The minimum absolute atomic E-state index is 0. The summed E-state index contributed by atoms with van der Waals surface area (Å²) in [6, 6.07) is 20.6. The maximum absolute atomic E-state index is 12.0. The second kappa shape index (κ2) is 8.31. The van der Waals surface area contributed by atoms with Gasteiger partial charge in [0.1, 0.15) is 0 Å². The van der Waals surface area contributed by atoms with Crippen molar-refractivity contribution in [2.45, 2.75) is 6.92 Å². The van der Waals surface area contributed by atoms with Gasteiger partial charge in [-0.2, -0.15) is 0 Å². The summed E-state index contributed by atoms with van der Waals surface area (Å²) < 4.78 is 5.17. The van der Waals surface area contributed by atoms with Gasteiger partial charge in [0.2, 0.25) is 0 Å². The van der Waals surface area contributed by atoms with Crippen molar-refractivity contribution >= 4 is 23.8 Å². The van der Waals surface area contributed by atoms with E-state index < -0.39 is 7.26 Å². The predicted molar refractivity (Wildman–Crippen MR) is 86.5 cm³/mol. The minimum Gasteiger partial charge on any atom is -1.00 e. The Bertz CT molecular complexity index is 518. The number of rotatable bonds is 5. The van der Waals surface area contributed by atoms with E-state index in [1.54, 1.807) is 0 Å². The number of carbonyl (C=O) groups is 1. The Morgan fingerprint density at radius 2 is 1.38 bits per heavy atom. The first-order chi connectivity index (χ1) is 9.66. The molecule has 0 bridgehead atoms. The lowest BCUT2D eigenvalue weighted by Crippen LogP contribution is -3.00. The van der Waals surface area contributed by atoms with Gasteiger partial charge in [0.05, 0.1) is 31.1 Å². The van der Waals surface area contributed by atoms with E-state index in [-0.39, 0.29) is 23.0 Å². The maximum Gasteiger partial charge on any atom is 0.344 e. The van der Waals surface area contributed by atoms with E-state index >= 15 is 0 Å². The molecule has 2 rings (SSSR count). The average molecular weight is 367 g/mol. The van der Waals surface area contributed by atoms with E-state index in [0.717, 1.165) is 0 Å². The van der Waals surface area contributed by atoms with Gasteiger partial charge in [-0.3, -0.25) is 0 Å². The molecule has 0 aromatic heterocycles. The summed E-state index contributed by atoms with van der Waals surface area (Å²) in [4.78, 5) is 12.0. The summed E-state index contributed by atoms with van der Waals surface area (Å²) in [5, 5.41) is 2.47. The highest BCUT2D eigenvalue weighted by Gasteiger charge is 2.40. The minimum atomic E-state index is -1.73. The largest absolute Gasteiger partial charge is 1.00 e. The van der Waals surface area contributed by atoms with Crippen LogP contribution in [-0.2, 0) is 9.53 Å². The monoisotopic (exact) mass is 366 g/mol. The molecule has 0 aliphatic rings. The van der Waals surface area contributed by atoms with Crippen LogP contribution in [0.5, 0.6) is 0 Å². The van der Waals surface area contributed by atoms with Crippen LogP contribution in [0.25, 0.3) is 0 Å². The molecule has 4 heteroatoms. The third kappa shape index (κ3) is 4.39. The molecule has 0 aliphatic carbocycles. The topological polar surface area (TPSA) is 26.3 Å². The molecule has 21 heavy (non-hydrogen) atoms. The Balaban J connectivity index is 0.00000220. The van der Waals surface area contributed by atoms with Gasteiger partial charge in [-0.1, -0.05) is 36.4 Å². The highest BCUT2D eigenvalue weighted by molar-refractivity contribution is 7.89. The van der Waals surface area contributed by atoms with Crippen LogP contribution in [0.1, 0.15) is 6.92 Å². The molecular formula is C17H20BrO2P. The van der Waals surface area contributed by atoms with Crippen molar-refractivity contribution in [3.8, 4) is 0 Å². The molecule has 0 atom stereocenters. The van der Waals surface area contributed by atoms with Crippen LogP contribution < -0.4 is 27.6 Å². The van der Waals surface area contributed by atoms with Crippen LogP contribution in [0, 0.1) is 0 Å². The third-order valence-electron chi connectivity index (χ3n) is 3.40. The second-order valence-corrected chi connectivity index (χ2v) is 8.56. The Morgan fingerprint density at radius 1 is 0.952 bits per heavy atom. The Labute approximate surface area is 137 Å². The van der Waals surface area contributed by atoms with Crippen molar-refractivity contribution in [1.29, 1.82) is 0 Å². The van der Waals surface area contributed by atoms with E-state index in [4.69, 9.17) is 4.74 Å². The molecular weight excluding hydrogens is 347 g/mol. The fourth-order valence-corrected chi connectivity index (χ4v) is 5.24. The van der Waals surface area contributed by atoms with E-state index in [1.165, 1.54) is 10.6 Å². The molecule has 2 nitrogen and oxygen atoms in total. The van der Waals surface area contributed by atoms with Crippen molar-refractivity contribution in [1.82, 2.24) is 0 Å². The maximum atomic E-state index is 12.0. The SMILES string of the molecule is CCOC(=O)C[P+](C)(c1ccccc1)c1ccccc1.[Br-]. The number of ether oxygens (including phenoxy) is 1. The number of esters is 1. The van der Waals surface area contributed by atoms with E-state index in [1.807, 2.05) is 43.3 Å². The van der Waals surface area contributed by atoms with Crippen molar-refractivity contribution in [2.75, 3.05) is 19.4 Å². The quantitative estimate of drug-likeness (QED) is 0.543. The lowest BCUT2D eigenvalue weighted by Gasteiger charge is -2.22. The number of hydrogen-bond acceptors (Lipinski definition) is 2. The Kier molecular flexibility index (Phi) is 7.07. The zero-order valence-corrected chi connectivity index (χ0v) is 14.8. The zero-order valence-electron chi connectivity index (χ0n) is 12.3. The van der Waals surface area contributed by atoms with Gasteiger partial charge in [-0.05, 0) is 31.2 Å². The van der Waals surface area contributed by atoms with Crippen LogP contribution >= 0.6 is 7.26 Å². The number of halogens is 1. The highest BCUT2D eigenvalue weighted by Crippen LogP contribution is 2.52. The Hall–Kier alpha value is -1.18. The fraction of sp³-hybridized carbons (Fsp3) is 0.235. The number of carbonyl (C=O) groups excluding carboxylic acids is 1. The molecule has 0 saturated carbocycles. The van der Waals surface area contributed by atoms with Gasteiger partial charge < -0.3 is 21.7 Å². The number of benzene rings is 2. The molecule has 0 spiro atoms. The van der Waals surface area contributed by atoms with Gasteiger partial charge in [-0.15, -0.1) is 0 Å². The van der Waals surface area contributed by atoms with Crippen LogP contribution in [0.15, 0.2) is 60.7 Å². The summed E-state index contributed by atoms with van der Waals surface area (Å²) in [7, 11) is -1.73. The van der Waals surface area contributed by atoms with Gasteiger partial charge in [0.25, 0.3) is 0 Å². The zero-order chi connectivity index (χ0) is 14.4. The molecule has 0 aliphatic heterocycles. The average Bonchev–Trinajstić information content (AvgIpc) is 2.49. The summed E-state index contributed by atoms with van der Waals surface area (Å²) in [6.07, 6.45) is 0.453. The molecule has 2 aromatic rings. The van der Waals surface area contributed by atoms with E-state index in [2.05, 4.69) is 30.9 Å². The smallest absolute Gasteiger partial charge is 0.344 e. The lowest BCUT2D eigenvalue weighted by molar-refractivity contribution is -0.139. The van der Waals surface area contributed by atoms with Crippen molar-refractivity contribution in [3.63, 3.8) is 0 Å². The van der Waals surface area contributed by atoms with E-state index in [0.29, 0.717) is 12.8 Å². The van der Waals surface area contributed by atoms with Crippen LogP contribution in [0.4, 0.5) is 0 Å². The third-order valence-corrected chi connectivity index (χ3v) is 7.17. The molecule has 0 radical (unpaired) electrons. The first kappa shape index (κ1) is 17.9. The predicted octanol–water partition coefficient (Wildman–Crippen LogP) is -0.148. The normalized spacial score (nSPS) is 10.6. The van der Waals surface area contributed by atoms with Crippen LogP contribution in [-0.4, -0.2) is 25.4 Å². The van der Waals surface area contributed by atoms with Gasteiger partial charge in [0.15, 0.2) is 6.16 Å². The fourth-order valence-electron chi connectivity index (χ4n) is 2.31. The summed E-state index contributed by atoms with van der Waals surface area (Å²) in [5.74, 6) is -0.115. The molecule has 2 aromatic carbocycles. The van der Waals surface area contributed by atoms with Gasteiger partial charge in [-0.25, -0.2) is 4.79 Å². The van der Waals surface area contributed by atoms with Gasteiger partial charge >= 0.3 is 5.97 Å². The van der Waals surface area contributed by atoms with E-state index in [9.17, 15) is 4.79 Å². The van der Waals surface area contributed by atoms with Crippen molar-refractivity contribution < 1.29 is 26.5 Å². The lowest BCUT2D eigenvalue weighted by atomic mass is 10.4. The van der Waals surface area contributed by atoms with Gasteiger partial charge in [0, 0.05) is 0 Å². The summed E-state index contributed by atoms with van der Waals surface area (Å²) in [6.45, 7) is 4.48. The molecule has 0 saturated heterocycles. The molecule has 0 unspecified atom stereocenters. The summed E-state index contributed by atoms with van der Waals surface area (Å²) in [5.41, 5.74) is 0.